The zero-order chi connectivity index (χ0) is 13.1. The Morgan fingerprint density at radius 2 is 1.39 bits per heavy atom. The first-order chi connectivity index (χ1) is 8.84. The highest BCUT2D eigenvalue weighted by Gasteiger charge is 2.05. The van der Waals surface area contributed by atoms with Crippen molar-refractivity contribution >= 4 is 13.5 Å². The van der Waals surface area contributed by atoms with E-state index in [1.807, 2.05) is 30.3 Å². The van der Waals surface area contributed by atoms with Crippen molar-refractivity contribution in [2.45, 2.75) is 58.3 Å². The SMILES string of the molecule is CCCCCCCCCCP(O)c1ccccc1. The zero-order valence-electron chi connectivity index (χ0n) is 11.6. The smallest absolute Gasteiger partial charge is 0.0563 e. The molecule has 18 heavy (non-hydrogen) atoms. The Kier molecular flexibility index (Phi) is 9.16. The standard InChI is InChI=1S/C16H27OP/c1-2-3-4-5-6-7-8-12-15-18(17)16-13-10-9-11-14-16/h9-11,13-14,17H,2-8,12,15H2,1H3. The highest BCUT2D eigenvalue weighted by Crippen LogP contribution is 2.30. The van der Waals surface area contributed by atoms with E-state index in [9.17, 15) is 4.89 Å². The molecule has 1 nitrogen and oxygen atoms in total. The molecule has 102 valence electrons. The number of benzene rings is 1. The number of hydrogen-bond donors (Lipinski definition) is 1. The second-order valence-electron chi connectivity index (χ2n) is 4.93. The van der Waals surface area contributed by atoms with Crippen molar-refractivity contribution < 1.29 is 4.89 Å². The van der Waals surface area contributed by atoms with Gasteiger partial charge >= 0.3 is 0 Å². The van der Waals surface area contributed by atoms with Gasteiger partial charge in [0.25, 0.3) is 0 Å². The van der Waals surface area contributed by atoms with Crippen molar-refractivity contribution in [1.29, 1.82) is 0 Å². The van der Waals surface area contributed by atoms with Crippen LogP contribution in [0.3, 0.4) is 0 Å². The molecule has 1 aromatic carbocycles. The Hall–Kier alpha value is -0.390. The lowest BCUT2D eigenvalue weighted by molar-refractivity contribution is 0.580. The van der Waals surface area contributed by atoms with E-state index in [4.69, 9.17) is 0 Å². The average Bonchev–Trinajstić information content (AvgIpc) is 2.42. The van der Waals surface area contributed by atoms with Gasteiger partial charge in [-0.1, -0.05) is 82.2 Å². The van der Waals surface area contributed by atoms with Crippen LogP contribution in [0.4, 0.5) is 0 Å². The van der Waals surface area contributed by atoms with Crippen molar-refractivity contribution in [2.24, 2.45) is 0 Å². The average molecular weight is 266 g/mol. The zero-order valence-corrected chi connectivity index (χ0v) is 12.5. The minimum Gasteiger partial charge on any atom is -0.369 e. The maximum absolute atomic E-state index is 10.1. The van der Waals surface area contributed by atoms with Crippen molar-refractivity contribution in [3.63, 3.8) is 0 Å². The molecule has 1 atom stereocenters. The normalized spacial score (nSPS) is 12.6. The first-order valence-corrected chi connectivity index (χ1v) is 8.84. The van der Waals surface area contributed by atoms with E-state index < -0.39 is 8.15 Å². The summed E-state index contributed by atoms with van der Waals surface area (Å²) in [5.74, 6) is 0. The predicted molar refractivity (Wildman–Crippen MR) is 82.7 cm³/mol. The van der Waals surface area contributed by atoms with Crippen LogP contribution < -0.4 is 5.30 Å². The molecule has 0 aliphatic rings. The highest BCUT2D eigenvalue weighted by molar-refractivity contribution is 7.59. The highest BCUT2D eigenvalue weighted by atomic mass is 31.1. The van der Waals surface area contributed by atoms with Gasteiger partial charge in [-0.05, 0) is 12.6 Å². The number of unbranched alkanes of at least 4 members (excludes halogenated alkanes) is 7. The Morgan fingerprint density at radius 3 is 2.00 bits per heavy atom. The first kappa shape index (κ1) is 15.7. The van der Waals surface area contributed by atoms with Gasteiger partial charge in [0.05, 0.1) is 8.15 Å². The Balaban J connectivity index is 1.98. The van der Waals surface area contributed by atoms with Crippen LogP contribution in [0.15, 0.2) is 30.3 Å². The van der Waals surface area contributed by atoms with Gasteiger partial charge in [-0.15, -0.1) is 0 Å². The van der Waals surface area contributed by atoms with Gasteiger partial charge in [-0.3, -0.25) is 0 Å². The van der Waals surface area contributed by atoms with Crippen LogP contribution in [-0.2, 0) is 0 Å². The van der Waals surface area contributed by atoms with E-state index in [-0.39, 0.29) is 0 Å². The van der Waals surface area contributed by atoms with Crippen molar-refractivity contribution in [2.75, 3.05) is 6.16 Å². The quantitative estimate of drug-likeness (QED) is 0.474. The van der Waals surface area contributed by atoms with Gasteiger partial charge in [0, 0.05) is 5.30 Å². The lowest BCUT2D eigenvalue weighted by Crippen LogP contribution is -2.01. The molecule has 0 fully saturated rings. The molecule has 1 aromatic rings. The summed E-state index contributed by atoms with van der Waals surface area (Å²) < 4.78 is 0. The van der Waals surface area contributed by atoms with Crippen LogP contribution in [0.1, 0.15) is 58.3 Å². The minimum absolute atomic E-state index is 0.906. The van der Waals surface area contributed by atoms with E-state index >= 15 is 0 Å². The van der Waals surface area contributed by atoms with Crippen LogP contribution in [0.25, 0.3) is 0 Å². The maximum atomic E-state index is 10.1. The fourth-order valence-corrected chi connectivity index (χ4v) is 3.42. The van der Waals surface area contributed by atoms with E-state index in [1.54, 1.807) is 0 Å². The van der Waals surface area contributed by atoms with E-state index in [1.165, 1.54) is 51.4 Å². The predicted octanol–water partition coefficient (Wildman–Crippen LogP) is 4.84. The molecule has 1 unspecified atom stereocenters. The molecule has 0 aliphatic carbocycles. The topological polar surface area (TPSA) is 20.2 Å². The third-order valence-corrected chi connectivity index (χ3v) is 4.91. The molecule has 0 aromatic heterocycles. The Labute approximate surface area is 113 Å². The van der Waals surface area contributed by atoms with Gasteiger partial charge in [-0.25, -0.2) is 0 Å². The Bertz CT molecular complexity index is 286. The largest absolute Gasteiger partial charge is 0.369 e. The van der Waals surface area contributed by atoms with Gasteiger partial charge < -0.3 is 4.89 Å². The molecule has 0 aliphatic heterocycles. The summed E-state index contributed by atoms with van der Waals surface area (Å²) >= 11 is 0. The summed E-state index contributed by atoms with van der Waals surface area (Å²) in [7, 11) is -0.906. The summed E-state index contributed by atoms with van der Waals surface area (Å²) in [5.41, 5.74) is 0. The number of hydrogen-bond acceptors (Lipinski definition) is 1. The molecule has 0 amide bonds. The second kappa shape index (κ2) is 10.5. The lowest BCUT2D eigenvalue weighted by atomic mass is 10.1. The van der Waals surface area contributed by atoms with E-state index in [2.05, 4.69) is 6.92 Å². The third-order valence-electron chi connectivity index (χ3n) is 3.28. The summed E-state index contributed by atoms with van der Waals surface area (Å²) in [6.45, 7) is 2.26. The molecule has 0 spiro atoms. The number of rotatable bonds is 10. The van der Waals surface area contributed by atoms with Crippen LogP contribution in [0, 0.1) is 0 Å². The van der Waals surface area contributed by atoms with Crippen LogP contribution in [0.2, 0.25) is 0 Å². The fourth-order valence-electron chi connectivity index (χ4n) is 2.12. The van der Waals surface area contributed by atoms with E-state index in [0.717, 1.165) is 11.5 Å². The van der Waals surface area contributed by atoms with Crippen molar-refractivity contribution in [1.82, 2.24) is 0 Å². The van der Waals surface area contributed by atoms with Crippen LogP contribution >= 0.6 is 8.15 Å². The molecular formula is C16H27OP. The molecule has 0 saturated carbocycles. The fraction of sp³-hybridized carbons (Fsp3) is 0.625. The van der Waals surface area contributed by atoms with Crippen LogP contribution in [-0.4, -0.2) is 11.1 Å². The van der Waals surface area contributed by atoms with Crippen molar-refractivity contribution in [3.05, 3.63) is 30.3 Å². The molecule has 0 heterocycles. The van der Waals surface area contributed by atoms with Gasteiger partial charge in [0.2, 0.25) is 0 Å². The van der Waals surface area contributed by atoms with E-state index in [0.29, 0.717) is 0 Å². The maximum Gasteiger partial charge on any atom is 0.0563 e. The third kappa shape index (κ3) is 7.13. The van der Waals surface area contributed by atoms with Crippen LogP contribution in [0.5, 0.6) is 0 Å². The molecule has 1 rings (SSSR count). The molecule has 0 radical (unpaired) electrons. The van der Waals surface area contributed by atoms with Gasteiger partial charge in [-0.2, -0.15) is 0 Å². The molecular weight excluding hydrogens is 239 g/mol. The molecule has 1 N–H and O–H groups in total. The van der Waals surface area contributed by atoms with Gasteiger partial charge in [0.1, 0.15) is 0 Å². The van der Waals surface area contributed by atoms with Crippen molar-refractivity contribution in [3.8, 4) is 0 Å². The summed E-state index contributed by atoms with van der Waals surface area (Å²) in [5, 5.41) is 1.12. The minimum atomic E-state index is -0.906. The summed E-state index contributed by atoms with van der Waals surface area (Å²) in [6.07, 6.45) is 11.6. The molecule has 0 bridgehead atoms. The van der Waals surface area contributed by atoms with Gasteiger partial charge in [0.15, 0.2) is 0 Å². The first-order valence-electron chi connectivity index (χ1n) is 7.36. The molecule has 2 heteroatoms. The summed E-state index contributed by atoms with van der Waals surface area (Å²) in [4.78, 5) is 10.1. The lowest BCUT2D eigenvalue weighted by Gasteiger charge is -2.10. The second-order valence-corrected chi connectivity index (χ2v) is 6.70. The monoisotopic (exact) mass is 266 g/mol. The Morgan fingerprint density at radius 1 is 0.833 bits per heavy atom. The summed E-state index contributed by atoms with van der Waals surface area (Å²) in [6, 6.07) is 10.1. The molecule has 0 saturated heterocycles.